The molecule has 1 aromatic heterocycles. The van der Waals surface area contributed by atoms with E-state index >= 15 is 0 Å². The van der Waals surface area contributed by atoms with E-state index in [-0.39, 0.29) is 5.92 Å². The number of aromatic nitrogens is 1. The molecule has 1 aliphatic rings. The molecule has 0 radical (unpaired) electrons. The highest BCUT2D eigenvalue weighted by Crippen LogP contribution is 2.28. The van der Waals surface area contributed by atoms with Crippen LogP contribution >= 0.6 is 0 Å². The molecule has 68 valence electrons. The minimum atomic E-state index is -0.158. The summed E-state index contributed by atoms with van der Waals surface area (Å²) in [6, 6.07) is 2.18. The maximum atomic E-state index is 8.77. The van der Waals surface area contributed by atoms with E-state index in [1.807, 2.05) is 6.92 Å². The van der Waals surface area contributed by atoms with Gasteiger partial charge in [-0.25, -0.2) is 0 Å². The Bertz CT molecular complexity index is 348. The van der Waals surface area contributed by atoms with Gasteiger partial charge in [0.2, 0.25) is 0 Å². The molecule has 1 aromatic rings. The molecule has 0 aliphatic heterocycles. The van der Waals surface area contributed by atoms with Crippen LogP contribution in [0.1, 0.15) is 42.7 Å². The summed E-state index contributed by atoms with van der Waals surface area (Å²) in [6.45, 7) is 1.86. The highest BCUT2D eigenvalue weighted by Gasteiger charge is 2.22. The van der Waals surface area contributed by atoms with Gasteiger partial charge in [0.25, 0.3) is 0 Å². The SMILES string of the molecule is CC(C#N)c1onc2c1CCCC2. The quantitative estimate of drug-likeness (QED) is 0.659. The normalized spacial score (nSPS) is 17.5. The van der Waals surface area contributed by atoms with Crippen LogP contribution in [0.15, 0.2) is 4.52 Å². The lowest BCUT2D eigenvalue weighted by molar-refractivity contribution is 0.373. The maximum absolute atomic E-state index is 8.77. The third-order valence-electron chi connectivity index (χ3n) is 2.58. The Morgan fingerprint density at radius 3 is 3.00 bits per heavy atom. The molecule has 1 atom stereocenters. The van der Waals surface area contributed by atoms with Crippen LogP contribution in [-0.2, 0) is 12.8 Å². The van der Waals surface area contributed by atoms with Gasteiger partial charge in [-0.1, -0.05) is 5.16 Å². The van der Waals surface area contributed by atoms with Crippen molar-refractivity contribution >= 4 is 0 Å². The second-order valence-corrected chi connectivity index (χ2v) is 3.53. The van der Waals surface area contributed by atoms with Crippen LogP contribution in [0.4, 0.5) is 0 Å². The minimum Gasteiger partial charge on any atom is -0.359 e. The summed E-state index contributed by atoms with van der Waals surface area (Å²) in [7, 11) is 0. The zero-order chi connectivity index (χ0) is 9.26. The Balaban J connectivity index is 2.38. The van der Waals surface area contributed by atoms with Crippen molar-refractivity contribution in [3.63, 3.8) is 0 Å². The molecule has 0 amide bonds. The summed E-state index contributed by atoms with van der Waals surface area (Å²) < 4.78 is 5.20. The lowest BCUT2D eigenvalue weighted by atomic mass is 9.93. The van der Waals surface area contributed by atoms with E-state index < -0.39 is 0 Å². The number of rotatable bonds is 1. The van der Waals surface area contributed by atoms with Gasteiger partial charge < -0.3 is 4.52 Å². The highest BCUT2D eigenvalue weighted by molar-refractivity contribution is 5.30. The molecule has 0 fully saturated rings. The maximum Gasteiger partial charge on any atom is 0.157 e. The first-order chi connectivity index (χ1) is 6.33. The van der Waals surface area contributed by atoms with Crippen molar-refractivity contribution in [3.05, 3.63) is 17.0 Å². The molecule has 2 rings (SSSR count). The summed E-state index contributed by atoms with van der Waals surface area (Å²) in [5.74, 6) is 0.631. The standard InChI is InChI=1S/C10H12N2O/c1-7(6-11)10-8-4-2-3-5-9(8)12-13-10/h7H,2-5H2,1H3. The minimum absolute atomic E-state index is 0.158. The molecule has 3 heteroatoms. The number of hydrogen-bond acceptors (Lipinski definition) is 3. The predicted molar refractivity (Wildman–Crippen MR) is 47.2 cm³/mol. The van der Waals surface area contributed by atoms with Crippen molar-refractivity contribution in [1.82, 2.24) is 5.16 Å². The van der Waals surface area contributed by atoms with Gasteiger partial charge in [0.05, 0.1) is 11.8 Å². The van der Waals surface area contributed by atoms with E-state index in [1.165, 1.54) is 18.4 Å². The van der Waals surface area contributed by atoms with Crippen molar-refractivity contribution in [1.29, 1.82) is 5.26 Å². The van der Waals surface area contributed by atoms with Crippen molar-refractivity contribution in [2.24, 2.45) is 0 Å². The summed E-state index contributed by atoms with van der Waals surface area (Å²) >= 11 is 0. The molecule has 13 heavy (non-hydrogen) atoms. The Kier molecular flexibility index (Phi) is 2.05. The van der Waals surface area contributed by atoms with E-state index in [4.69, 9.17) is 9.78 Å². The number of aryl methyl sites for hydroxylation is 1. The number of nitrogens with zero attached hydrogens (tertiary/aromatic N) is 2. The van der Waals surface area contributed by atoms with Crippen LogP contribution in [0.2, 0.25) is 0 Å². The average molecular weight is 176 g/mol. The van der Waals surface area contributed by atoms with Crippen LogP contribution in [0.3, 0.4) is 0 Å². The molecule has 0 N–H and O–H groups in total. The van der Waals surface area contributed by atoms with Crippen LogP contribution in [0, 0.1) is 11.3 Å². The topological polar surface area (TPSA) is 49.8 Å². The summed E-state index contributed by atoms with van der Waals surface area (Å²) in [6.07, 6.45) is 4.43. The molecule has 3 nitrogen and oxygen atoms in total. The fourth-order valence-corrected chi connectivity index (χ4v) is 1.81. The molecular weight excluding hydrogens is 164 g/mol. The molecular formula is C10H12N2O. The second-order valence-electron chi connectivity index (χ2n) is 3.53. The molecule has 0 bridgehead atoms. The fraction of sp³-hybridized carbons (Fsp3) is 0.600. The molecule has 0 saturated carbocycles. The molecule has 0 aromatic carbocycles. The van der Waals surface area contributed by atoms with Crippen LogP contribution in [-0.4, -0.2) is 5.16 Å². The average Bonchev–Trinajstić information content (AvgIpc) is 2.60. The largest absolute Gasteiger partial charge is 0.359 e. The highest BCUT2D eigenvalue weighted by atomic mass is 16.5. The monoisotopic (exact) mass is 176 g/mol. The van der Waals surface area contributed by atoms with E-state index in [1.54, 1.807) is 0 Å². The van der Waals surface area contributed by atoms with Gasteiger partial charge in [0.15, 0.2) is 5.76 Å². The number of fused-ring (bicyclic) bond motifs is 1. The van der Waals surface area contributed by atoms with Crippen LogP contribution in [0.5, 0.6) is 0 Å². The third kappa shape index (κ3) is 1.33. The van der Waals surface area contributed by atoms with Gasteiger partial charge in [0, 0.05) is 5.56 Å². The molecule has 1 unspecified atom stereocenters. The lowest BCUT2D eigenvalue weighted by Gasteiger charge is -2.09. The molecule has 0 spiro atoms. The first kappa shape index (κ1) is 8.31. The zero-order valence-corrected chi connectivity index (χ0v) is 7.71. The predicted octanol–water partition coefficient (Wildman–Crippen LogP) is 2.18. The fourth-order valence-electron chi connectivity index (χ4n) is 1.81. The Hall–Kier alpha value is -1.30. The first-order valence-corrected chi connectivity index (χ1v) is 4.70. The van der Waals surface area contributed by atoms with E-state index in [9.17, 15) is 0 Å². The Labute approximate surface area is 77.3 Å². The summed E-state index contributed by atoms with van der Waals surface area (Å²) in [5.41, 5.74) is 2.27. The zero-order valence-electron chi connectivity index (χ0n) is 7.71. The molecule has 1 aliphatic carbocycles. The van der Waals surface area contributed by atoms with E-state index in [2.05, 4.69) is 11.2 Å². The Morgan fingerprint density at radius 2 is 2.23 bits per heavy atom. The first-order valence-electron chi connectivity index (χ1n) is 4.70. The van der Waals surface area contributed by atoms with Gasteiger partial charge in [0.1, 0.15) is 5.92 Å². The summed E-state index contributed by atoms with van der Waals surface area (Å²) in [5, 5.41) is 12.8. The van der Waals surface area contributed by atoms with Crippen LogP contribution in [0.25, 0.3) is 0 Å². The van der Waals surface area contributed by atoms with Crippen molar-refractivity contribution < 1.29 is 4.52 Å². The van der Waals surface area contributed by atoms with Crippen molar-refractivity contribution in [2.45, 2.75) is 38.5 Å². The van der Waals surface area contributed by atoms with Gasteiger partial charge in [-0.05, 0) is 32.6 Å². The Morgan fingerprint density at radius 1 is 1.46 bits per heavy atom. The number of nitriles is 1. The number of hydrogen-bond donors (Lipinski definition) is 0. The molecule has 1 heterocycles. The van der Waals surface area contributed by atoms with Gasteiger partial charge >= 0.3 is 0 Å². The molecule has 0 saturated heterocycles. The van der Waals surface area contributed by atoms with E-state index in [0.29, 0.717) is 0 Å². The van der Waals surface area contributed by atoms with E-state index in [0.717, 1.165) is 24.3 Å². The third-order valence-corrected chi connectivity index (χ3v) is 2.58. The van der Waals surface area contributed by atoms with Crippen LogP contribution < -0.4 is 0 Å². The van der Waals surface area contributed by atoms with Crippen molar-refractivity contribution in [2.75, 3.05) is 0 Å². The van der Waals surface area contributed by atoms with Gasteiger partial charge in [-0.3, -0.25) is 0 Å². The van der Waals surface area contributed by atoms with Gasteiger partial charge in [-0.2, -0.15) is 5.26 Å². The second kappa shape index (κ2) is 3.21. The van der Waals surface area contributed by atoms with Crippen molar-refractivity contribution in [3.8, 4) is 6.07 Å². The lowest BCUT2D eigenvalue weighted by Crippen LogP contribution is -2.03. The smallest absolute Gasteiger partial charge is 0.157 e. The summed E-state index contributed by atoms with van der Waals surface area (Å²) in [4.78, 5) is 0. The van der Waals surface area contributed by atoms with Gasteiger partial charge in [-0.15, -0.1) is 0 Å².